The fourth-order valence-electron chi connectivity index (χ4n) is 2.14. The summed E-state index contributed by atoms with van der Waals surface area (Å²) >= 11 is 0. The zero-order valence-electron chi connectivity index (χ0n) is 11.0. The van der Waals surface area contributed by atoms with Gasteiger partial charge in [-0.3, -0.25) is 4.79 Å². The Morgan fingerprint density at radius 1 is 1.32 bits per heavy atom. The van der Waals surface area contributed by atoms with Gasteiger partial charge in [0, 0.05) is 12.1 Å². The highest BCUT2D eigenvalue weighted by Crippen LogP contribution is 2.16. The lowest BCUT2D eigenvalue weighted by atomic mass is 10.1. The number of benzene rings is 1. The number of nitrogens with zero attached hydrogens (tertiary/aromatic N) is 1. The van der Waals surface area contributed by atoms with E-state index in [9.17, 15) is 9.59 Å². The molecule has 1 amide bonds. The number of hydrogen-bond acceptors (Lipinski definition) is 3. The third kappa shape index (κ3) is 2.93. The second kappa shape index (κ2) is 5.40. The van der Waals surface area contributed by atoms with Gasteiger partial charge in [-0.25, -0.2) is 4.79 Å². The lowest BCUT2D eigenvalue weighted by Gasteiger charge is -2.36. The Kier molecular flexibility index (Phi) is 3.85. The summed E-state index contributed by atoms with van der Waals surface area (Å²) in [4.78, 5) is 25.1. The van der Waals surface area contributed by atoms with E-state index < -0.39 is 5.97 Å². The van der Waals surface area contributed by atoms with Gasteiger partial charge in [0.1, 0.15) is 0 Å². The van der Waals surface area contributed by atoms with E-state index in [0.717, 1.165) is 0 Å². The molecule has 0 saturated carbocycles. The predicted octanol–water partition coefficient (Wildman–Crippen LogP) is 1.63. The Morgan fingerprint density at radius 2 is 2.00 bits per heavy atom. The smallest absolute Gasteiger partial charge is 0.335 e. The van der Waals surface area contributed by atoms with Gasteiger partial charge in [-0.2, -0.15) is 0 Å². The highest BCUT2D eigenvalue weighted by atomic mass is 16.5. The van der Waals surface area contributed by atoms with Crippen molar-refractivity contribution < 1.29 is 19.4 Å². The molecule has 1 saturated heterocycles. The number of carbonyl (C=O) groups is 2. The minimum Gasteiger partial charge on any atom is -0.478 e. The van der Waals surface area contributed by atoms with Crippen LogP contribution in [0, 0.1) is 0 Å². The van der Waals surface area contributed by atoms with Crippen LogP contribution in [-0.2, 0) is 4.74 Å². The van der Waals surface area contributed by atoms with Crippen molar-refractivity contribution in [2.45, 2.75) is 26.0 Å². The van der Waals surface area contributed by atoms with Gasteiger partial charge in [0.25, 0.3) is 5.91 Å². The van der Waals surface area contributed by atoms with Gasteiger partial charge in [-0.05, 0) is 32.0 Å². The van der Waals surface area contributed by atoms with Gasteiger partial charge < -0.3 is 14.7 Å². The van der Waals surface area contributed by atoms with E-state index in [1.807, 2.05) is 13.8 Å². The average molecular weight is 263 g/mol. The Bertz CT molecular complexity index is 500. The first kappa shape index (κ1) is 13.5. The van der Waals surface area contributed by atoms with Crippen LogP contribution in [0.4, 0.5) is 0 Å². The van der Waals surface area contributed by atoms with Crippen LogP contribution in [0.3, 0.4) is 0 Å². The van der Waals surface area contributed by atoms with Crippen molar-refractivity contribution in [3.63, 3.8) is 0 Å². The molecule has 102 valence electrons. The van der Waals surface area contributed by atoms with E-state index in [1.165, 1.54) is 12.1 Å². The van der Waals surface area contributed by atoms with Crippen LogP contribution in [-0.4, -0.2) is 47.2 Å². The number of hydrogen-bond donors (Lipinski definition) is 1. The van der Waals surface area contributed by atoms with E-state index in [4.69, 9.17) is 9.84 Å². The number of carboxylic acid groups (broad SMARTS) is 1. The molecule has 1 aliphatic rings. The van der Waals surface area contributed by atoms with E-state index in [2.05, 4.69) is 0 Å². The predicted molar refractivity (Wildman–Crippen MR) is 69.3 cm³/mol. The van der Waals surface area contributed by atoms with Crippen molar-refractivity contribution >= 4 is 11.9 Å². The Balaban J connectivity index is 2.23. The van der Waals surface area contributed by atoms with E-state index in [-0.39, 0.29) is 23.6 Å². The molecule has 1 aliphatic heterocycles. The molecule has 0 bridgehead atoms. The first-order chi connectivity index (χ1) is 8.99. The topological polar surface area (TPSA) is 66.8 Å². The molecule has 1 aromatic carbocycles. The molecule has 5 heteroatoms. The fourth-order valence-corrected chi connectivity index (χ4v) is 2.14. The summed E-state index contributed by atoms with van der Waals surface area (Å²) in [5.41, 5.74) is 0.528. The number of ether oxygens (including phenoxy) is 1. The molecule has 0 spiro atoms. The minimum absolute atomic E-state index is 0.00260. The van der Waals surface area contributed by atoms with Gasteiger partial charge >= 0.3 is 5.97 Å². The SMILES string of the molecule is C[C@@H]1CN(C(=O)c2cccc(C(=O)O)c2)[C@H](C)CO1. The van der Waals surface area contributed by atoms with E-state index in [1.54, 1.807) is 17.0 Å². The zero-order chi connectivity index (χ0) is 14.0. The second-order valence-electron chi connectivity index (χ2n) is 4.84. The Morgan fingerprint density at radius 3 is 2.68 bits per heavy atom. The monoisotopic (exact) mass is 263 g/mol. The maximum Gasteiger partial charge on any atom is 0.335 e. The lowest BCUT2D eigenvalue weighted by molar-refractivity contribution is -0.0387. The summed E-state index contributed by atoms with van der Waals surface area (Å²) in [5.74, 6) is -1.18. The number of aromatic carboxylic acids is 1. The third-order valence-electron chi connectivity index (χ3n) is 3.23. The molecule has 0 aliphatic carbocycles. The number of carbonyl (C=O) groups excluding carboxylic acids is 1. The highest BCUT2D eigenvalue weighted by Gasteiger charge is 2.28. The van der Waals surface area contributed by atoms with Crippen molar-refractivity contribution in [2.24, 2.45) is 0 Å². The van der Waals surface area contributed by atoms with Crippen LogP contribution < -0.4 is 0 Å². The number of morpholine rings is 1. The zero-order valence-corrected chi connectivity index (χ0v) is 11.0. The largest absolute Gasteiger partial charge is 0.478 e. The van der Waals surface area contributed by atoms with Gasteiger partial charge in [0.15, 0.2) is 0 Å². The normalized spacial score (nSPS) is 23.2. The fraction of sp³-hybridized carbons (Fsp3) is 0.429. The Hall–Kier alpha value is -1.88. The number of rotatable bonds is 2. The molecule has 5 nitrogen and oxygen atoms in total. The van der Waals surface area contributed by atoms with E-state index in [0.29, 0.717) is 18.7 Å². The van der Waals surface area contributed by atoms with Gasteiger partial charge in [0.2, 0.25) is 0 Å². The first-order valence-corrected chi connectivity index (χ1v) is 6.25. The van der Waals surface area contributed by atoms with Gasteiger partial charge in [-0.15, -0.1) is 0 Å². The van der Waals surface area contributed by atoms with Crippen LogP contribution in [0.1, 0.15) is 34.6 Å². The van der Waals surface area contributed by atoms with Crippen LogP contribution >= 0.6 is 0 Å². The average Bonchev–Trinajstić information content (AvgIpc) is 2.41. The molecular formula is C14H17NO4. The van der Waals surface area contributed by atoms with E-state index >= 15 is 0 Å². The summed E-state index contributed by atoms with van der Waals surface area (Å²) in [6.07, 6.45) is 0.00260. The molecule has 2 rings (SSSR count). The quantitative estimate of drug-likeness (QED) is 0.880. The van der Waals surface area contributed by atoms with Crippen molar-refractivity contribution in [1.82, 2.24) is 4.90 Å². The van der Waals surface area contributed by atoms with Crippen LogP contribution in [0.25, 0.3) is 0 Å². The van der Waals surface area contributed by atoms with Crippen molar-refractivity contribution in [2.75, 3.05) is 13.2 Å². The molecule has 1 fully saturated rings. The summed E-state index contributed by atoms with van der Waals surface area (Å²) in [6.45, 7) is 4.87. The summed E-state index contributed by atoms with van der Waals surface area (Å²) in [5, 5.41) is 8.95. The second-order valence-corrected chi connectivity index (χ2v) is 4.84. The maximum absolute atomic E-state index is 12.4. The molecule has 1 N–H and O–H groups in total. The van der Waals surface area contributed by atoms with Crippen molar-refractivity contribution in [3.05, 3.63) is 35.4 Å². The number of carboxylic acids is 1. The molecule has 0 aromatic heterocycles. The summed E-state index contributed by atoms with van der Waals surface area (Å²) < 4.78 is 5.48. The van der Waals surface area contributed by atoms with Crippen LogP contribution in [0.15, 0.2) is 24.3 Å². The highest BCUT2D eigenvalue weighted by molar-refractivity contribution is 5.97. The van der Waals surface area contributed by atoms with Gasteiger partial charge in [-0.1, -0.05) is 6.07 Å². The molecule has 1 aromatic rings. The van der Waals surface area contributed by atoms with Gasteiger partial charge in [0.05, 0.1) is 24.3 Å². The summed E-state index contributed by atoms with van der Waals surface area (Å²) in [7, 11) is 0. The molecule has 0 radical (unpaired) electrons. The lowest BCUT2D eigenvalue weighted by Crippen LogP contribution is -2.50. The Labute approximate surface area is 111 Å². The standard InChI is InChI=1S/C14H17NO4/c1-9-8-19-10(2)7-15(9)13(16)11-4-3-5-12(6-11)14(17)18/h3-6,9-10H,7-8H2,1-2H3,(H,17,18)/t9-,10-/m1/s1. The van der Waals surface area contributed by atoms with Crippen LogP contribution in [0.2, 0.25) is 0 Å². The first-order valence-electron chi connectivity index (χ1n) is 6.25. The molecule has 1 heterocycles. The molecule has 0 unspecified atom stereocenters. The van der Waals surface area contributed by atoms with Crippen LogP contribution in [0.5, 0.6) is 0 Å². The maximum atomic E-state index is 12.4. The van der Waals surface area contributed by atoms with Crippen molar-refractivity contribution in [1.29, 1.82) is 0 Å². The minimum atomic E-state index is -1.03. The third-order valence-corrected chi connectivity index (χ3v) is 3.23. The summed E-state index contributed by atoms with van der Waals surface area (Å²) in [6, 6.07) is 6.12. The number of amides is 1. The molecule has 19 heavy (non-hydrogen) atoms. The molecule has 2 atom stereocenters. The van der Waals surface area contributed by atoms with Crippen molar-refractivity contribution in [3.8, 4) is 0 Å². The molecular weight excluding hydrogens is 246 g/mol.